The molecule has 2 rings (SSSR count). The highest BCUT2D eigenvalue weighted by atomic mass is 35.5. The van der Waals surface area contributed by atoms with Crippen LogP contribution in [-0.4, -0.2) is 28.7 Å². The number of carbonyl (C=O) groups excluding carboxylic acids is 3. The number of ether oxygens (including phenoxy) is 1. The summed E-state index contributed by atoms with van der Waals surface area (Å²) in [6.45, 7) is 5.07. The van der Waals surface area contributed by atoms with Crippen LogP contribution in [0.2, 0.25) is 0 Å². The van der Waals surface area contributed by atoms with E-state index in [1.807, 2.05) is 0 Å². The van der Waals surface area contributed by atoms with Gasteiger partial charge in [0, 0.05) is 0 Å². The fourth-order valence-corrected chi connectivity index (χ4v) is 3.98. The molecule has 1 atom stereocenters. The quantitative estimate of drug-likeness (QED) is 0.607. The molecule has 9 heteroatoms. The number of hydrogen-bond donors (Lipinski definition) is 2. The number of hydrogen-bond acceptors (Lipinski definition) is 5. The van der Waals surface area contributed by atoms with Crippen molar-refractivity contribution in [1.82, 2.24) is 0 Å². The average Bonchev–Trinajstić information content (AvgIpc) is 2.78. The Hall–Kier alpha value is -1.31. The maximum atomic E-state index is 12.4. The molecule has 1 fully saturated rings. The van der Waals surface area contributed by atoms with Crippen molar-refractivity contribution < 1.29 is 19.1 Å². The van der Waals surface area contributed by atoms with Crippen LogP contribution in [0.5, 0.6) is 0 Å². The van der Waals surface area contributed by atoms with Gasteiger partial charge in [-0.25, -0.2) is 4.79 Å². The molecule has 1 aliphatic carbocycles. The predicted molar refractivity (Wildman–Crippen MR) is 89.3 cm³/mol. The third-order valence-electron chi connectivity index (χ3n) is 3.84. The standard InChI is InChI=1S/C14H16Cl2N2O4S/c1-4-22-11(20)8-6(2)7(9(17)19)10(23-8)18-12(21)13(3)5-14(13,15)16/h4-5H2,1-3H3,(H2,17,19)(H,18,21). The maximum Gasteiger partial charge on any atom is 0.348 e. The highest BCUT2D eigenvalue weighted by molar-refractivity contribution is 7.18. The van der Waals surface area contributed by atoms with E-state index in [0.29, 0.717) is 12.0 Å². The number of alkyl halides is 2. The molecule has 6 nitrogen and oxygen atoms in total. The fourth-order valence-electron chi connectivity index (χ4n) is 2.18. The Balaban J connectivity index is 2.35. The summed E-state index contributed by atoms with van der Waals surface area (Å²) in [5.41, 5.74) is 4.88. The molecule has 1 unspecified atom stereocenters. The van der Waals surface area contributed by atoms with E-state index in [1.165, 1.54) is 0 Å². The first-order valence-electron chi connectivity index (χ1n) is 6.84. The second kappa shape index (κ2) is 5.96. The minimum absolute atomic E-state index is 0.0883. The third kappa shape index (κ3) is 3.05. The molecule has 1 saturated carbocycles. The van der Waals surface area contributed by atoms with Gasteiger partial charge in [0.05, 0.1) is 17.6 Å². The van der Waals surface area contributed by atoms with E-state index in [4.69, 9.17) is 33.7 Å². The lowest BCUT2D eigenvalue weighted by molar-refractivity contribution is -0.120. The van der Waals surface area contributed by atoms with Crippen molar-refractivity contribution in [3.8, 4) is 0 Å². The predicted octanol–water partition coefficient (Wildman–Crippen LogP) is 2.85. The fraction of sp³-hybridized carbons (Fsp3) is 0.500. The zero-order chi connectivity index (χ0) is 17.6. The molecular weight excluding hydrogens is 363 g/mol. The Morgan fingerprint density at radius 2 is 1.96 bits per heavy atom. The van der Waals surface area contributed by atoms with Crippen molar-refractivity contribution in [3.63, 3.8) is 0 Å². The molecule has 1 aliphatic rings. The smallest absolute Gasteiger partial charge is 0.348 e. The van der Waals surface area contributed by atoms with Crippen LogP contribution in [-0.2, 0) is 9.53 Å². The Morgan fingerprint density at radius 3 is 2.39 bits per heavy atom. The van der Waals surface area contributed by atoms with Crippen LogP contribution in [0.3, 0.4) is 0 Å². The van der Waals surface area contributed by atoms with Crippen LogP contribution < -0.4 is 11.1 Å². The van der Waals surface area contributed by atoms with Crippen LogP contribution in [0, 0.1) is 12.3 Å². The highest BCUT2D eigenvalue weighted by Gasteiger charge is 2.68. The number of nitrogens with one attached hydrogen (secondary N) is 1. The van der Waals surface area contributed by atoms with E-state index in [1.54, 1.807) is 20.8 Å². The molecule has 126 valence electrons. The third-order valence-corrected chi connectivity index (χ3v) is 6.13. The number of halogens is 2. The summed E-state index contributed by atoms with van der Waals surface area (Å²) >= 11 is 12.9. The minimum atomic E-state index is -1.14. The molecule has 23 heavy (non-hydrogen) atoms. The Bertz CT molecular complexity index is 701. The topological polar surface area (TPSA) is 98.5 Å². The van der Waals surface area contributed by atoms with Gasteiger partial charge in [0.1, 0.15) is 14.2 Å². The van der Waals surface area contributed by atoms with E-state index in [-0.39, 0.29) is 22.0 Å². The zero-order valence-electron chi connectivity index (χ0n) is 12.8. The van der Waals surface area contributed by atoms with Crippen LogP contribution in [0.25, 0.3) is 0 Å². The number of amides is 2. The number of thiophene rings is 1. The molecule has 3 N–H and O–H groups in total. The summed E-state index contributed by atoms with van der Waals surface area (Å²) in [6, 6.07) is 0. The van der Waals surface area contributed by atoms with Gasteiger partial charge in [-0.2, -0.15) is 0 Å². The Kier molecular flexibility index (Phi) is 4.67. The van der Waals surface area contributed by atoms with E-state index in [9.17, 15) is 14.4 Å². The maximum absolute atomic E-state index is 12.4. The van der Waals surface area contributed by atoms with Crippen molar-refractivity contribution in [2.24, 2.45) is 11.1 Å². The van der Waals surface area contributed by atoms with Gasteiger partial charge in [-0.1, -0.05) is 0 Å². The SMILES string of the molecule is CCOC(=O)c1sc(NC(=O)C2(C)CC2(Cl)Cl)c(C(N)=O)c1C. The van der Waals surface area contributed by atoms with Gasteiger partial charge < -0.3 is 15.8 Å². The minimum Gasteiger partial charge on any atom is -0.462 e. The molecule has 0 aliphatic heterocycles. The van der Waals surface area contributed by atoms with Crippen molar-refractivity contribution in [1.29, 1.82) is 0 Å². The summed E-state index contributed by atoms with van der Waals surface area (Å²) in [6.07, 6.45) is 0.302. The highest BCUT2D eigenvalue weighted by Crippen LogP contribution is 2.64. The number of nitrogens with two attached hydrogens (primary N) is 1. The lowest BCUT2D eigenvalue weighted by Crippen LogP contribution is -2.26. The Morgan fingerprint density at radius 1 is 1.39 bits per heavy atom. The number of anilines is 1. The van der Waals surface area contributed by atoms with Crippen molar-refractivity contribution in [2.75, 3.05) is 11.9 Å². The monoisotopic (exact) mass is 378 g/mol. The summed E-state index contributed by atoms with van der Waals surface area (Å²) in [4.78, 5) is 36.2. The zero-order valence-corrected chi connectivity index (χ0v) is 15.1. The molecule has 0 radical (unpaired) electrons. The van der Waals surface area contributed by atoms with Gasteiger partial charge in [0.15, 0.2) is 0 Å². The van der Waals surface area contributed by atoms with Crippen LogP contribution in [0.4, 0.5) is 5.00 Å². The second-order valence-electron chi connectivity index (χ2n) is 5.51. The molecule has 1 aromatic rings. The first kappa shape index (κ1) is 18.0. The van der Waals surface area contributed by atoms with Crippen molar-refractivity contribution >= 4 is 57.3 Å². The van der Waals surface area contributed by atoms with E-state index >= 15 is 0 Å². The largest absolute Gasteiger partial charge is 0.462 e. The number of rotatable bonds is 5. The van der Waals surface area contributed by atoms with Crippen LogP contribution in [0.15, 0.2) is 0 Å². The number of esters is 1. The molecule has 0 spiro atoms. The molecule has 1 heterocycles. The lowest BCUT2D eigenvalue weighted by Gasteiger charge is -2.12. The van der Waals surface area contributed by atoms with Gasteiger partial charge in [0.25, 0.3) is 5.91 Å². The second-order valence-corrected chi connectivity index (χ2v) is 8.02. The number of carbonyl (C=O) groups is 3. The summed E-state index contributed by atoms with van der Waals surface area (Å²) in [5.74, 6) is -1.74. The molecule has 1 aromatic heterocycles. The average molecular weight is 379 g/mol. The van der Waals surface area contributed by atoms with Gasteiger partial charge in [-0.15, -0.1) is 34.5 Å². The summed E-state index contributed by atoms with van der Waals surface area (Å²) in [7, 11) is 0. The van der Waals surface area contributed by atoms with E-state index < -0.39 is 27.5 Å². The Labute approximate surface area is 147 Å². The van der Waals surface area contributed by atoms with Gasteiger partial charge in [-0.3, -0.25) is 9.59 Å². The molecule has 0 aromatic carbocycles. The molecule has 0 bridgehead atoms. The van der Waals surface area contributed by atoms with Crippen molar-refractivity contribution in [3.05, 3.63) is 16.0 Å². The first-order chi connectivity index (χ1) is 10.5. The first-order valence-corrected chi connectivity index (χ1v) is 8.42. The van der Waals surface area contributed by atoms with E-state index in [0.717, 1.165) is 11.3 Å². The van der Waals surface area contributed by atoms with E-state index in [2.05, 4.69) is 5.32 Å². The lowest BCUT2D eigenvalue weighted by atomic mass is 10.1. The molecule has 2 amide bonds. The molecule has 0 saturated heterocycles. The van der Waals surface area contributed by atoms with Crippen LogP contribution in [0.1, 0.15) is 45.9 Å². The summed E-state index contributed by atoms with van der Waals surface area (Å²) in [5, 5.41) is 2.80. The molecular formula is C14H16Cl2N2O4S. The van der Waals surface area contributed by atoms with Crippen LogP contribution >= 0.6 is 34.5 Å². The number of primary amides is 1. The normalized spacial score (nSPS) is 21.6. The summed E-state index contributed by atoms with van der Waals surface area (Å²) < 4.78 is 3.80. The van der Waals surface area contributed by atoms with Gasteiger partial charge in [-0.05, 0) is 32.8 Å². The van der Waals surface area contributed by atoms with Gasteiger partial charge in [0.2, 0.25) is 5.91 Å². The van der Waals surface area contributed by atoms with Crippen molar-refractivity contribution in [2.45, 2.75) is 31.5 Å². The van der Waals surface area contributed by atoms with Gasteiger partial charge >= 0.3 is 5.97 Å².